The van der Waals surface area contributed by atoms with Crippen molar-refractivity contribution in [3.63, 3.8) is 0 Å². The van der Waals surface area contributed by atoms with Gasteiger partial charge in [0.05, 0.1) is 33.0 Å². The van der Waals surface area contributed by atoms with Gasteiger partial charge in [-0.05, 0) is 19.8 Å². The van der Waals surface area contributed by atoms with E-state index >= 15 is 0 Å². The number of nitrogens with zero attached hydrogens (tertiary/aromatic N) is 4. The van der Waals surface area contributed by atoms with Gasteiger partial charge < -0.3 is 14.2 Å². The van der Waals surface area contributed by atoms with Crippen LogP contribution in [0.2, 0.25) is 0 Å². The molecule has 1 fully saturated rings. The van der Waals surface area contributed by atoms with Crippen molar-refractivity contribution in [2.24, 2.45) is 0 Å². The fraction of sp³-hybridized carbons (Fsp3) is 0.800. The van der Waals surface area contributed by atoms with Crippen LogP contribution in [0.4, 0.5) is 5.95 Å². The SMILES string of the molecule is CCCOc1nc(OCCC)nc([N+]2(CC)CCOCC2)n1.[O-][Cl+3]([O-])([O-])[O-]. The summed E-state index contributed by atoms with van der Waals surface area (Å²) in [5.41, 5.74) is 0. The molecular weight excluding hydrogens is 384 g/mol. The van der Waals surface area contributed by atoms with E-state index in [0.29, 0.717) is 29.7 Å². The average Bonchev–Trinajstić information content (AvgIpc) is 2.63. The first kappa shape index (κ1) is 23.7. The van der Waals surface area contributed by atoms with Crippen LogP contribution in [0.1, 0.15) is 33.6 Å². The summed E-state index contributed by atoms with van der Waals surface area (Å²) in [7, 11) is -4.94. The van der Waals surface area contributed by atoms with E-state index in [2.05, 4.69) is 35.7 Å². The lowest BCUT2D eigenvalue weighted by Crippen LogP contribution is -2.68. The molecule has 0 saturated carbocycles. The van der Waals surface area contributed by atoms with E-state index in [0.717, 1.165) is 51.6 Å². The second-order valence-electron chi connectivity index (χ2n) is 5.80. The first-order valence-corrected chi connectivity index (χ1v) is 10.0. The number of hydrogen-bond donors (Lipinski definition) is 0. The quantitative estimate of drug-likeness (QED) is 0.405. The highest BCUT2D eigenvalue weighted by atomic mass is 35.7. The summed E-state index contributed by atoms with van der Waals surface area (Å²) in [6.45, 7) is 11.5. The molecule has 1 saturated heterocycles. The predicted molar refractivity (Wildman–Crippen MR) is 84.3 cm³/mol. The molecule has 0 aromatic carbocycles. The summed E-state index contributed by atoms with van der Waals surface area (Å²) in [5.74, 6) is 0.720. The van der Waals surface area contributed by atoms with E-state index in [1.54, 1.807) is 0 Å². The first-order valence-electron chi connectivity index (χ1n) is 8.82. The number of morpholine rings is 1. The third kappa shape index (κ3) is 8.93. The van der Waals surface area contributed by atoms with Gasteiger partial charge in [0, 0.05) is 0 Å². The predicted octanol–water partition coefficient (Wildman–Crippen LogP) is -2.95. The van der Waals surface area contributed by atoms with Gasteiger partial charge in [0.1, 0.15) is 13.1 Å². The van der Waals surface area contributed by atoms with Crippen LogP contribution < -0.4 is 32.6 Å². The molecule has 0 amide bonds. The minimum Gasteiger partial charge on any atom is -0.463 e. The van der Waals surface area contributed by atoms with Gasteiger partial charge in [-0.25, -0.2) is 18.6 Å². The van der Waals surface area contributed by atoms with Crippen molar-refractivity contribution in [2.45, 2.75) is 33.6 Å². The van der Waals surface area contributed by atoms with Crippen LogP contribution in [0.3, 0.4) is 0 Å². The molecule has 1 aliphatic heterocycles. The van der Waals surface area contributed by atoms with E-state index in [4.69, 9.17) is 32.8 Å². The number of ether oxygens (including phenoxy) is 3. The Balaban J connectivity index is 0.000000646. The summed E-state index contributed by atoms with van der Waals surface area (Å²) < 4.78 is 51.4. The number of likely N-dealkylation sites (N-methyl/N-ethyl adjacent to an activating group) is 1. The molecule has 0 unspecified atom stereocenters. The molecule has 0 bridgehead atoms. The Morgan fingerprint density at radius 2 is 1.33 bits per heavy atom. The van der Waals surface area contributed by atoms with E-state index < -0.39 is 10.2 Å². The van der Waals surface area contributed by atoms with Gasteiger partial charge in [0.15, 0.2) is 0 Å². The molecule has 0 atom stereocenters. The molecule has 11 nitrogen and oxygen atoms in total. The van der Waals surface area contributed by atoms with Crippen LogP contribution >= 0.6 is 0 Å². The lowest BCUT2D eigenvalue weighted by Gasteiger charge is -2.37. The van der Waals surface area contributed by atoms with E-state index in [-0.39, 0.29) is 0 Å². The van der Waals surface area contributed by atoms with Crippen molar-refractivity contribution in [3.05, 3.63) is 0 Å². The lowest BCUT2D eigenvalue weighted by atomic mass is 10.3. The van der Waals surface area contributed by atoms with E-state index in [9.17, 15) is 0 Å². The number of quaternary nitrogens is 1. The first-order chi connectivity index (χ1) is 12.7. The number of hydrogen-bond acceptors (Lipinski definition) is 10. The maximum atomic E-state index is 8.49. The lowest BCUT2D eigenvalue weighted by molar-refractivity contribution is -2.00. The summed E-state index contributed by atoms with van der Waals surface area (Å²) in [5, 5.41) is 0. The van der Waals surface area contributed by atoms with Crippen molar-refractivity contribution < 1.29 is 43.1 Å². The molecule has 156 valence electrons. The number of halogens is 1. The molecule has 0 aliphatic carbocycles. The average molecular weight is 411 g/mol. The normalized spacial score (nSPS) is 16.3. The molecule has 1 aliphatic rings. The summed E-state index contributed by atoms with van der Waals surface area (Å²) in [6.07, 6.45) is 1.82. The molecule has 0 radical (unpaired) electrons. The minimum atomic E-state index is -4.94. The molecule has 1 aromatic rings. The van der Waals surface area contributed by atoms with Crippen molar-refractivity contribution in [3.8, 4) is 12.0 Å². The third-order valence-corrected chi connectivity index (χ3v) is 3.81. The molecule has 0 spiro atoms. The fourth-order valence-corrected chi connectivity index (χ4v) is 2.41. The Hall–Kier alpha value is -1.34. The molecule has 2 heterocycles. The molecule has 0 N–H and O–H groups in total. The van der Waals surface area contributed by atoms with Gasteiger partial charge in [-0.1, -0.05) is 13.8 Å². The van der Waals surface area contributed by atoms with Gasteiger partial charge in [-0.2, -0.15) is 0 Å². The summed E-state index contributed by atoms with van der Waals surface area (Å²) >= 11 is 0. The molecule has 1 aromatic heterocycles. The van der Waals surface area contributed by atoms with Crippen LogP contribution in [0.25, 0.3) is 0 Å². The minimum absolute atomic E-state index is 0.357. The topological polar surface area (TPSA) is 159 Å². The van der Waals surface area contributed by atoms with E-state index in [1.165, 1.54) is 0 Å². The summed E-state index contributed by atoms with van der Waals surface area (Å²) in [6, 6.07) is 0.714. The number of rotatable bonds is 8. The maximum Gasteiger partial charge on any atom is 0.338 e. The third-order valence-electron chi connectivity index (χ3n) is 3.81. The molecular formula is C15H27ClN4O7. The van der Waals surface area contributed by atoms with Crippen LogP contribution in [0.5, 0.6) is 12.0 Å². The van der Waals surface area contributed by atoms with Crippen LogP contribution in [0.15, 0.2) is 0 Å². The highest BCUT2D eigenvalue weighted by Crippen LogP contribution is 2.24. The maximum absolute atomic E-state index is 8.49. The highest BCUT2D eigenvalue weighted by Gasteiger charge is 2.35. The van der Waals surface area contributed by atoms with Gasteiger partial charge in [0.25, 0.3) is 0 Å². The van der Waals surface area contributed by atoms with E-state index in [1.807, 2.05) is 0 Å². The molecule has 2 rings (SSSR count). The van der Waals surface area contributed by atoms with Crippen LogP contribution in [0, 0.1) is 10.2 Å². The zero-order valence-corrected chi connectivity index (χ0v) is 16.6. The number of aromatic nitrogens is 3. The molecule has 12 heteroatoms. The fourth-order valence-electron chi connectivity index (χ4n) is 2.41. The van der Waals surface area contributed by atoms with Crippen molar-refractivity contribution in [1.82, 2.24) is 19.4 Å². The van der Waals surface area contributed by atoms with Crippen LogP contribution in [-0.2, 0) is 4.74 Å². The smallest absolute Gasteiger partial charge is 0.338 e. The Kier molecular flexibility index (Phi) is 10.1. The summed E-state index contributed by atoms with van der Waals surface area (Å²) in [4.78, 5) is 13.3. The van der Waals surface area contributed by atoms with Gasteiger partial charge >= 0.3 is 18.0 Å². The standard InChI is InChI=1S/C15H27N4O3.ClHO4/c1-4-9-21-14-16-13(17-15(18-14)22-10-5-2)19(6-3)7-11-20-12-8-19;2-1(3,4)5/h4-12H2,1-3H3;(H,2,3,4,5)/q+1;/p-1. The Morgan fingerprint density at radius 3 is 1.70 bits per heavy atom. The van der Waals surface area contributed by atoms with Gasteiger partial charge in [0.2, 0.25) is 0 Å². The Labute approximate surface area is 160 Å². The second kappa shape index (κ2) is 11.5. The van der Waals surface area contributed by atoms with Gasteiger partial charge in [-0.3, -0.25) is 4.48 Å². The zero-order chi connectivity index (χ0) is 20.3. The zero-order valence-electron chi connectivity index (χ0n) is 15.9. The van der Waals surface area contributed by atoms with Gasteiger partial charge in [-0.15, -0.1) is 25.2 Å². The van der Waals surface area contributed by atoms with Crippen LogP contribution in [-0.4, -0.2) is 61.0 Å². The van der Waals surface area contributed by atoms with Crippen molar-refractivity contribution >= 4 is 5.95 Å². The molecule has 27 heavy (non-hydrogen) atoms. The largest absolute Gasteiger partial charge is 0.463 e. The monoisotopic (exact) mass is 410 g/mol. The second-order valence-corrected chi connectivity index (χ2v) is 6.55. The Morgan fingerprint density at radius 1 is 0.889 bits per heavy atom. The Bertz CT molecular complexity index is 521. The highest BCUT2D eigenvalue weighted by molar-refractivity contribution is 5.29. The van der Waals surface area contributed by atoms with Crippen molar-refractivity contribution in [1.29, 1.82) is 0 Å². The van der Waals surface area contributed by atoms with Crippen molar-refractivity contribution in [2.75, 3.05) is 46.1 Å².